The van der Waals surface area contributed by atoms with Crippen molar-refractivity contribution in [2.75, 3.05) is 0 Å². The number of amides is 1. The van der Waals surface area contributed by atoms with Gasteiger partial charge in [-0.3, -0.25) is 9.59 Å². The highest BCUT2D eigenvalue weighted by molar-refractivity contribution is 7.09. The number of carbonyl (C=O) groups excluding carboxylic acids is 1. The second-order valence-electron chi connectivity index (χ2n) is 5.28. The summed E-state index contributed by atoms with van der Waals surface area (Å²) in [6.07, 6.45) is -0.224. The molecule has 3 rings (SSSR count). The van der Waals surface area contributed by atoms with Gasteiger partial charge in [0.15, 0.2) is 0 Å². The van der Waals surface area contributed by atoms with E-state index in [0.717, 1.165) is 16.3 Å². The number of thiazole rings is 1. The third-order valence-corrected chi connectivity index (χ3v) is 4.45. The van der Waals surface area contributed by atoms with E-state index in [4.69, 9.17) is 5.11 Å². The molecule has 0 bridgehead atoms. The monoisotopic (exact) mass is 329 g/mol. The molecule has 1 atom stereocenters. The van der Waals surface area contributed by atoms with Gasteiger partial charge in [-0.1, -0.05) is 30.3 Å². The van der Waals surface area contributed by atoms with E-state index in [0.29, 0.717) is 5.71 Å². The van der Waals surface area contributed by atoms with Crippen LogP contribution in [0.2, 0.25) is 0 Å². The molecule has 6 nitrogen and oxygen atoms in total. The number of nitrogens with zero attached hydrogens (tertiary/aromatic N) is 3. The molecule has 1 N–H and O–H groups in total. The van der Waals surface area contributed by atoms with Gasteiger partial charge in [0, 0.05) is 16.7 Å². The third kappa shape index (κ3) is 3.29. The van der Waals surface area contributed by atoms with Crippen molar-refractivity contribution in [3.8, 4) is 11.3 Å². The molecule has 23 heavy (non-hydrogen) atoms. The maximum atomic E-state index is 12.3. The first-order chi connectivity index (χ1) is 11.0. The minimum Gasteiger partial charge on any atom is -0.481 e. The van der Waals surface area contributed by atoms with Crippen LogP contribution in [0.4, 0.5) is 0 Å². The van der Waals surface area contributed by atoms with Gasteiger partial charge in [0.1, 0.15) is 5.01 Å². The Morgan fingerprint density at radius 2 is 2.09 bits per heavy atom. The topological polar surface area (TPSA) is 82.9 Å². The molecule has 1 unspecified atom stereocenters. The zero-order valence-electron chi connectivity index (χ0n) is 12.5. The summed E-state index contributed by atoms with van der Waals surface area (Å²) in [5, 5.41) is 17.1. The lowest BCUT2D eigenvalue weighted by atomic mass is 10.0. The van der Waals surface area contributed by atoms with E-state index < -0.39 is 11.9 Å². The minimum atomic E-state index is -1.000. The first-order valence-corrected chi connectivity index (χ1v) is 8.00. The number of hydrogen-bond acceptors (Lipinski definition) is 5. The van der Waals surface area contributed by atoms with Crippen molar-refractivity contribution in [2.24, 2.45) is 11.0 Å². The Bertz CT molecular complexity index is 770. The molecule has 0 aliphatic carbocycles. The molecule has 1 aromatic heterocycles. The minimum absolute atomic E-state index is 0.224. The van der Waals surface area contributed by atoms with Gasteiger partial charge in [0.25, 0.3) is 5.91 Å². The summed E-state index contributed by atoms with van der Waals surface area (Å²) in [7, 11) is 0. The zero-order valence-corrected chi connectivity index (χ0v) is 13.3. The number of rotatable bonds is 5. The number of carboxylic acids is 1. The summed E-state index contributed by atoms with van der Waals surface area (Å²) < 4.78 is 0. The average molecular weight is 329 g/mol. The third-order valence-electron chi connectivity index (χ3n) is 3.62. The summed E-state index contributed by atoms with van der Waals surface area (Å²) in [6, 6.07) is 9.79. The van der Waals surface area contributed by atoms with E-state index in [9.17, 15) is 9.59 Å². The van der Waals surface area contributed by atoms with Gasteiger partial charge in [-0.25, -0.2) is 9.99 Å². The quantitative estimate of drug-likeness (QED) is 0.914. The number of aromatic nitrogens is 1. The van der Waals surface area contributed by atoms with Crippen LogP contribution in [-0.2, 0) is 16.1 Å². The van der Waals surface area contributed by atoms with Crippen LogP contribution < -0.4 is 0 Å². The molecule has 0 saturated carbocycles. The normalized spacial score (nSPS) is 17.4. The van der Waals surface area contributed by atoms with E-state index in [1.807, 2.05) is 35.7 Å². The van der Waals surface area contributed by atoms with E-state index in [2.05, 4.69) is 10.1 Å². The van der Waals surface area contributed by atoms with Crippen molar-refractivity contribution in [1.29, 1.82) is 0 Å². The fourth-order valence-corrected chi connectivity index (χ4v) is 3.23. The van der Waals surface area contributed by atoms with Gasteiger partial charge in [0.05, 0.1) is 24.6 Å². The molecule has 0 fully saturated rings. The van der Waals surface area contributed by atoms with Crippen molar-refractivity contribution in [3.63, 3.8) is 0 Å². The lowest BCUT2D eigenvalue weighted by Gasteiger charge is -2.11. The molecule has 1 aliphatic heterocycles. The standard InChI is InChI=1S/C16H15N3O3S/c1-10-12(7-15(20)21)16(22)19(18-10)8-14-17-13(9-23-14)11-5-3-2-4-6-11/h2-6,9,12H,7-8H2,1H3,(H,20,21). The Morgan fingerprint density at radius 3 is 2.78 bits per heavy atom. The summed E-state index contributed by atoms with van der Waals surface area (Å²) in [6.45, 7) is 1.95. The second kappa shape index (κ2) is 6.29. The van der Waals surface area contributed by atoms with Gasteiger partial charge in [-0.15, -0.1) is 11.3 Å². The van der Waals surface area contributed by atoms with E-state index in [-0.39, 0.29) is 18.9 Å². The Balaban J connectivity index is 1.72. The highest BCUT2D eigenvalue weighted by atomic mass is 32.1. The highest BCUT2D eigenvalue weighted by Crippen LogP contribution is 2.25. The number of carbonyl (C=O) groups is 2. The van der Waals surface area contributed by atoms with Gasteiger partial charge < -0.3 is 5.11 Å². The Labute approximate surface area is 137 Å². The molecule has 2 aromatic rings. The van der Waals surface area contributed by atoms with Gasteiger partial charge in [-0.2, -0.15) is 5.10 Å². The number of hydrazone groups is 1. The predicted octanol–water partition coefficient (Wildman–Crippen LogP) is 2.62. The average Bonchev–Trinajstić information content (AvgIpc) is 3.09. The van der Waals surface area contributed by atoms with Crippen LogP contribution in [-0.4, -0.2) is 32.7 Å². The van der Waals surface area contributed by atoms with Crippen LogP contribution in [0, 0.1) is 5.92 Å². The fraction of sp³-hybridized carbons (Fsp3) is 0.250. The van der Waals surface area contributed by atoms with Crippen molar-refractivity contribution in [1.82, 2.24) is 9.99 Å². The van der Waals surface area contributed by atoms with Crippen molar-refractivity contribution >= 4 is 28.9 Å². The molecule has 1 aliphatic rings. The zero-order chi connectivity index (χ0) is 16.4. The number of hydrogen-bond donors (Lipinski definition) is 1. The lowest BCUT2D eigenvalue weighted by molar-refractivity contribution is -0.142. The highest BCUT2D eigenvalue weighted by Gasteiger charge is 2.35. The largest absolute Gasteiger partial charge is 0.481 e. The van der Waals surface area contributed by atoms with Crippen LogP contribution in [0.1, 0.15) is 18.4 Å². The van der Waals surface area contributed by atoms with Gasteiger partial charge in [-0.05, 0) is 6.92 Å². The lowest BCUT2D eigenvalue weighted by Crippen LogP contribution is -2.28. The van der Waals surface area contributed by atoms with Crippen LogP contribution in [0.15, 0.2) is 40.8 Å². The van der Waals surface area contributed by atoms with Crippen molar-refractivity contribution < 1.29 is 14.7 Å². The molecule has 0 saturated heterocycles. The molecular weight excluding hydrogens is 314 g/mol. The van der Waals surface area contributed by atoms with Crippen LogP contribution in [0.25, 0.3) is 11.3 Å². The second-order valence-corrected chi connectivity index (χ2v) is 6.22. The number of aliphatic carboxylic acids is 1. The Kier molecular flexibility index (Phi) is 4.20. The summed E-state index contributed by atoms with van der Waals surface area (Å²) in [4.78, 5) is 27.6. The molecule has 7 heteroatoms. The Morgan fingerprint density at radius 1 is 1.35 bits per heavy atom. The molecule has 0 spiro atoms. The van der Waals surface area contributed by atoms with Crippen LogP contribution >= 0.6 is 11.3 Å². The number of carboxylic acid groups (broad SMARTS) is 1. The molecule has 118 valence electrons. The summed E-state index contributed by atoms with van der Waals surface area (Å²) >= 11 is 1.46. The maximum absolute atomic E-state index is 12.3. The Hall–Kier alpha value is -2.54. The van der Waals surface area contributed by atoms with E-state index in [1.165, 1.54) is 16.3 Å². The molecule has 1 amide bonds. The predicted molar refractivity (Wildman–Crippen MR) is 87.0 cm³/mol. The van der Waals surface area contributed by atoms with Crippen molar-refractivity contribution in [3.05, 3.63) is 40.7 Å². The smallest absolute Gasteiger partial charge is 0.304 e. The first-order valence-electron chi connectivity index (χ1n) is 7.12. The molecular formula is C16H15N3O3S. The van der Waals surface area contributed by atoms with Crippen LogP contribution in [0.5, 0.6) is 0 Å². The SMILES string of the molecule is CC1=NN(Cc2nc(-c3ccccc3)cs2)C(=O)C1CC(=O)O. The van der Waals surface area contributed by atoms with E-state index in [1.54, 1.807) is 6.92 Å². The maximum Gasteiger partial charge on any atom is 0.304 e. The summed E-state index contributed by atoms with van der Waals surface area (Å²) in [5.74, 6) is -1.94. The van der Waals surface area contributed by atoms with Crippen LogP contribution in [0.3, 0.4) is 0 Å². The molecule has 0 radical (unpaired) electrons. The van der Waals surface area contributed by atoms with Gasteiger partial charge >= 0.3 is 5.97 Å². The van der Waals surface area contributed by atoms with E-state index >= 15 is 0 Å². The summed E-state index contributed by atoms with van der Waals surface area (Å²) in [5.41, 5.74) is 2.42. The number of benzene rings is 1. The van der Waals surface area contributed by atoms with Gasteiger partial charge in [0.2, 0.25) is 0 Å². The molecule has 2 heterocycles. The molecule has 1 aromatic carbocycles. The fourth-order valence-electron chi connectivity index (χ4n) is 2.44. The van der Waals surface area contributed by atoms with Crippen molar-refractivity contribution in [2.45, 2.75) is 19.9 Å². The first kappa shape index (κ1) is 15.4.